The van der Waals surface area contributed by atoms with Crippen molar-refractivity contribution >= 4 is 7.60 Å². The molecule has 0 aromatic rings. The van der Waals surface area contributed by atoms with Crippen LogP contribution in [0.5, 0.6) is 0 Å². The van der Waals surface area contributed by atoms with E-state index in [-0.39, 0.29) is 0 Å². The Bertz CT molecular complexity index is 292. The molecule has 0 aliphatic heterocycles. The first-order chi connectivity index (χ1) is 10.2. The molecule has 0 amide bonds. The van der Waals surface area contributed by atoms with Gasteiger partial charge in [-0.15, -0.1) is 0 Å². The molecule has 0 unspecified atom stereocenters. The molecule has 2 aliphatic carbocycles. The van der Waals surface area contributed by atoms with E-state index in [4.69, 9.17) is 9.05 Å². The van der Waals surface area contributed by atoms with Crippen molar-refractivity contribution in [2.45, 2.75) is 77.0 Å². The second kappa shape index (κ2) is 9.33. The number of hydrogen-bond acceptors (Lipinski definition) is 3. The van der Waals surface area contributed by atoms with Gasteiger partial charge in [0, 0.05) is 6.66 Å². The van der Waals surface area contributed by atoms with Gasteiger partial charge in [0.05, 0.1) is 13.2 Å². The Morgan fingerprint density at radius 1 is 0.762 bits per heavy atom. The second-order valence-electron chi connectivity index (χ2n) is 7.02. The Labute approximate surface area is 130 Å². The van der Waals surface area contributed by atoms with Crippen molar-refractivity contribution in [1.29, 1.82) is 0 Å². The van der Waals surface area contributed by atoms with Gasteiger partial charge in [-0.3, -0.25) is 4.57 Å². The molecule has 21 heavy (non-hydrogen) atoms. The van der Waals surface area contributed by atoms with Crippen molar-refractivity contribution in [2.75, 3.05) is 19.9 Å². The Balaban J connectivity index is 1.54. The fourth-order valence-corrected chi connectivity index (χ4v) is 4.71. The van der Waals surface area contributed by atoms with Gasteiger partial charge < -0.3 is 9.05 Å². The van der Waals surface area contributed by atoms with Crippen LogP contribution in [-0.2, 0) is 13.6 Å². The van der Waals surface area contributed by atoms with Gasteiger partial charge in [0.2, 0.25) is 0 Å². The SMILES string of the molecule is CP(=O)(OCCC1CCCCC1)OCCC1CCCCC1. The second-order valence-corrected chi connectivity index (χ2v) is 9.08. The summed E-state index contributed by atoms with van der Waals surface area (Å²) in [6.45, 7) is 2.83. The molecule has 2 saturated carbocycles. The third-order valence-electron chi connectivity index (χ3n) is 5.15. The van der Waals surface area contributed by atoms with E-state index < -0.39 is 7.60 Å². The maximum absolute atomic E-state index is 12.3. The molecule has 2 fully saturated rings. The van der Waals surface area contributed by atoms with Crippen molar-refractivity contribution in [3.05, 3.63) is 0 Å². The summed E-state index contributed by atoms with van der Waals surface area (Å²) in [7, 11) is -2.83. The van der Waals surface area contributed by atoms with Crippen LogP contribution in [0.2, 0.25) is 0 Å². The van der Waals surface area contributed by atoms with Crippen LogP contribution in [0.1, 0.15) is 77.0 Å². The summed E-state index contributed by atoms with van der Waals surface area (Å²) in [6.07, 6.45) is 15.5. The minimum atomic E-state index is -2.83. The summed E-state index contributed by atoms with van der Waals surface area (Å²) >= 11 is 0. The van der Waals surface area contributed by atoms with Crippen LogP contribution in [0.15, 0.2) is 0 Å². The summed E-state index contributed by atoms with van der Waals surface area (Å²) in [4.78, 5) is 0. The van der Waals surface area contributed by atoms with Crippen LogP contribution in [0.3, 0.4) is 0 Å². The molecule has 124 valence electrons. The van der Waals surface area contributed by atoms with E-state index in [1.807, 2.05) is 0 Å². The van der Waals surface area contributed by atoms with Crippen molar-refractivity contribution < 1.29 is 13.6 Å². The van der Waals surface area contributed by atoms with Gasteiger partial charge in [-0.1, -0.05) is 64.2 Å². The molecule has 0 bridgehead atoms. The van der Waals surface area contributed by atoms with E-state index in [1.165, 1.54) is 64.2 Å². The third-order valence-corrected chi connectivity index (χ3v) is 6.46. The maximum atomic E-state index is 12.3. The minimum Gasteiger partial charge on any atom is -0.309 e. The lowest BCUT2D eigenvalue weighted by atomic mass is 9.87. The molecular formula is C17H33O3P. The van der Waals surface area contributed by atoms with Crippen LogP contribution in [0, 0.1) is 11.8 Å². The predicted octanol–water partition coefficient (Wildman–Crippen LogP) is 5.78. The number of hydrogen-bond donors (Lipinski definition) is 0. The maximum Gasteiger partial charge on any atom is 0.327 e. The Morgan fingerprint density at radius 3 is 1.52 bits per heavy atom. The Morgan fingerprint density at radius 2 is 1.14 bits per heavy atom. The van der Waals surface area contributed by atoms with E-state index in [9.17, 15) is 4.57 Å². The molecule has 0 N–H and O–H groups in total. The highest BCUT2D eigenvalue weighted by Gasteiger charge is 2.20. The molecule has 0 aromatic heterocycles. The highest BCUT2D eigenvalue weighted by atomic mass is 31.2. The van der Waals surface area contributed by atoms with E-state index >= 15 is 0 Å². The van der Waals surface area contributed by atoms with Gasteiger partial charge in [-0.25, -0.2) is 0 Å². The summed E-state index contributed by atoms with van der Waals surface area (Å²) in [5.74, 6) is 1.56. The molecule has 2 rings (SSSR count). The van der Waals surface area contributed by atoms with Crippen LogP contribution >= 0.6 is 7.60 Å². The largest absolute Gasteiger partial charge is 0.327 e. The van der Waals surface area contributed by atoms with Crippen LogP contribution in [0.25, 0.3) is 0 Å². The molecule has 0 heterocycles. The first kappa shape index (κ1) is 17.5. The van der Waals surface area contributed by atoms with Crippen molar-refractivity contribution in [3.8, 4) is 0 Å². The smallest absolute Gasteiger partial charge is 0.309 e. The molecular weight excluding hydrogens is 283 g/mol. The summed E-state index contributed by atoms with van der Waals surface area (Å²) in [5, 5.41) is 0. The van der Waals surface area contributed by atoms with Crippen LogP contribution < -0.4 is 0 Å². The lowest BCUT2D eigenvalue weighted by molar-refractivity contribution is 0.175. The van der Waals surface area contributed by atoms with Gasteiger partial charge in [0.25, 0.3) is 0 Å². The first-order valence-electron chi connectivity index (χ1n) is 9.02. The van der Waals surface area contributed by atoms with Gasteiger partial charge in [-0.05, 0) is 24.7 Å². The topological polar surface area (TPSA) is 35.5 Å². The van der Waals surface area contributed by atoms with Crippen LogP contribution in [0.4, 0.5) is 0 Å². The highest BCUT2D eigenvalue weighted by Crippen LogP contribution is 2.45. The molecule has 0 aromatic carbocycles. The minimum absolute atomic E-state index is 0.599. The summed E-state index contributed by atoms with van der Waals surface area (Å²) < 4.78 is 23.4. The molecule has 0 saturated heterocycles. The lowest BCUT2D eigenvalue weighted by Crippen LogP contribution is -2.11. The Hall–Kier alpha value is 0.150. The van der Waals surface area contributed by atoms with E-state index in [2.05, 4.69) is 0 Å². The van der Waals surface area contributed by atoms with Crippen molar-refractivity contribution in [2.24, 2.45) is 11.8 Å². The fourth-order valence-electron chi connectivity index (χ4n) is 3.76. The zero-order chi connectivity index (χ0) is 15.0. The monoisotopic (exact) mass is 316 g/mol. The highest BCUT2D eigenvalue weighted by molar-refractivity contribution is 7.52. The average Bonchev–Trinajstić information content (AvgIpc) is 2.49. The molecule has 3 nitrogen and oxygen atoms in total. The van der Waals surface area contributed by atoms with Gasteiger partial charge in [-0.2, -0.15) is 0 Å². The van der Waals surface area contributed by atoms with Crippen molar-refractivity contribution in [1.82, 2.24) is 0 Å². The summed E-state index contributed by atoms with van der Waals surface area (Å²) in [5.41, 5.74) is 0. The van der Waals surface area contributed by atoms with Gasteiger partial charge >= 0.3 is 7.60 Å². The zero-order valence-electron chi connectivity index (χ0n) is 13.7. The Kier molecular flexibility index (Phi) is 7.77. The quantitative estimate of drug-likeness (QED) is 0.532. The third kappa shape index (κ3) is 7.30. The van der Waals surface area contributed by atoms with E-state index in [0.717, 1.165) is 24.7 Å². The standard InChI is InChI=1S/C17H33O3P/c1-21(18,19-14-12-16-8-4-2-5-9-16)20-15-13-17-10-6-3-7-11-17/h16-17H,2-15H2,1H3. The molecule has 4 heteroatoms. The molecule has 0 radical (unpaired) electrons. The van der Waals surface area contributed by atoms with E-state index in [1.54, 1.807) is 6.66 Å². The molecule has 0 spiro atoms. The predicted molar refractivity (Wildman–Crippen MR) is 87.8 cm³/mol. The van der Waals surface area contributed by atoms with Gasteiger partial charge in [0.1, 0.15) is 0 Å². The van der Waals surface area contributed by atoms with Crippen LogP contribution in [-0.4, -0.2) is 19.9 Å². The lowest BCUT2D eigenvalue weighted by Gasteiger charge is -2.23. The molecule has 2 aliphatic rings. The normalized spacial score (nSPS) is 22.5. The average molecular weight is 316 g/mol. The molecule has 0 atom stereocenters. The number of rotatable bonds is 8. The zero-order valence-corrected chi connectivity index (χ0v) is 14.6. The fraction of sp³-hybridized carbons (Fsp3) is 1.00. The van der Waals surface area contributed by atoms with Crippen molar-refractivity contribution in [3.63, 3.8) is 0 Å². The first-order valence-corrected chi connectivity index (χ1v) is 11.0. The van der Waals surface area contributed by atoms with Gasteiger partial charge in [0.15, 0.2) is 0 Å². The van der Waals surface area contributed by atoms with E-state index in [0.29, 0.717) is 13.2 Å². The summed E-state index contributed by atoms with van der Waals surface area (Å²) in [6, 6.07) is 0.